The fourth-order valence-electron chi connectivity index (χ4n) is 3.82. The second kappa shape index (κ2) is 8.99. The topological polar surface area (TPSA) is 32.8 Å². The minimum absolute atomic E-state index is 0.369. The first-order chi connectivity index (χ1) is 13.9. The summed E-state index contributed by atoms with van der Waals surface area (Å²) < 4.78 is 5.21. The van der Waals surface area contributed by atoms with Crippen molar-refractivity contribution in [2.75, 3.05) is 45.1 Å². The zero-order valence-corrected chi connectivity index (χ0v) is 18.0. The van der Waals surface area contributed by atoms with Gasteiger partial charge in [0.25, 0.3) is 0 Å². The van der Waals surface area contributed by atoms with Crippen LogP contribution in [0.15, 0.2) is 54.6 Å². The van der Waals surface area contributed by atoms with Gasteiger partial charge < -0.3 is 14.5 Å². The Morgan fingerprint density at radius 2 is 1.52 bits per heavy atom. The third kappa shape index (κ3) is 4.70. The Morgan fingerprint density at radius 1 is 0.828 bits per heavy atom. The molecule has 29 heavy (non-hydrogen) atoms. The van der Waals surface area contributed by atoms with E-state index in [0.717, 1.165) is 12.2 Å². The van der Waals surface area contributed by atoms with Gasteiger partial charge in [0.15, 0.2) is 0 Å². The Morgan fingerprint density at radius 3 is 2.21 bits per heavy atom. The summed E-state index contributed by atoms with van der Waals surface area (Å²) in [5.41, 5.74) is 5.06. The van der Waals surface area contributed by atoms with E-state index < -0.39 is 0 Å². The maximum atomic E-state index is 11.3. The van der Waals surface area contributed by atoms with Gasteiger partial charge in [-0.15, -0.1) is 0 Å². The predicted molar refractivity (Wildman–Crippen MR) is 123 cm³/mol. The third-order valence-corrected chi connectivity index (χ3v) is 5.32. The molecule has 0 N–H and O–H groups in total. The summed E-state index contributed by atoms with van der Waals surface area (Å²) in [5.74, 6) is 1.27. The van der Waals surface area contributed by atoms with E-state index in [9.17, 15) is 4.79 Å². The van der Waals surface area contributed by atoms with Crippen LogP contribution in [0.25, 0.3) is 10.8 Å². The number of methoxy groups -OCH3 is 1. The number of carbonyl (C=O) groups is 1. The second-order valence-electron chi connectivity index (χ2n) is 7.78. The lowest BCUT2D eigenvalue weighted by Gasteiger charge is -2.22. The maximum Gasteiger partial charge on any atom is 0.137 e. The van der Waals surface area contributed by atoms with E-state index >= 15 is 0 Å². The number of hydrogen-bond donors (Lipinski definition) is 0. The van der Waals surface area contributed by atoms with Crippen molar-refractivity contribution in [3.63, 3.8) is 0 Å². The number of ketones is 1. The van der Waals surface area contributed by atoms with Crippen molar-refractivity contribution in [3.8, 4) is 5.75 Å². The van der Waals surface area contributed by atoms with Crippen LogP contribution in [0.5, 0.6) is 5.75 Å². The van der Waals surface area contributed by atoms with E-state index in [4.69, 9.17) is 4.74 Å². The molecule has 4 heteroatoms. The number of carbonyl (C=O) groups excluding carboxylic acids is 1. The van der Waals surface area contributed by atoms with Crippen molar-refractivity contribution in [3.05, 3.63) is 65.7 Å². The Bertz CT molecular complexity index is 1010. The first-order valence-corrected chi connectivity index (χ1v) is 9.94. The molecular formula is C25H30N2O2. The second-order valence-corrected chi connectivity index (χ2v) is 7.78. The average molecular weight is 391 g/mol. The SMILES string of the molecule is CN(C)c1cccc2c1CCC(=O)C2.COc1ccc2c(N(C)C)cccc2c1. The smallest absolute Gasteiger partial charge is 0.137 e. The summed E-state index contributed by atoms with van der Waals surface area (Å²) in [5, 5.41) is 2.46. The highest BCUT2D eigenvalue weighted by atomic mass is 16.5. The highest BCUT2D eigenvalue weighted by molar-refractivity contribution is 5.95. The molecule has 0 fully saturated rings. The normalized spacial score (nSPS) is 12.7. The van der Waals surface area contributed by atoms with Crippen LogP contribution in [0.4, 0.5) is 11.4 Å². The molecule has 152 valence electrons. The van der Waals surface area contributed by atoms with Gasteiger partial charge in [0.1, 0.15) is 11.5 Å². The van der Waals surface area contributed by atoms with Crippen molar-refractivity contribution in [1.29, 1.82) is 0 Å². The Hall–Kier alpha value is -3.01. The van der Waals surface area contributed by atoms with Crippen LogP contribution in [-0.4, -0.2) is 41.1 Å². The monoisotopic (exact) mass is 390 g/mol. The minimum Gasteiger partial charge on any atom is -0.497 e. The van der Waals surface area contributed by atoms with E-state index in [1.54, 1.807) is 7.11 Å². The largest absolute Gasteiger partial charge is 0.497 e. The van der Waals surface area contributed by atoms with Crippen LogP contribution in [0.2, 0.25) is 0 Å². The molecule has 0 bridgehead atoms. The first-order valence-electron chi connectivity index (χ1n) is 9.94. The van der Waals surface area contributed by atoms with Crippen LogP contribution in [-0.2, 0) is 17.6 Å². The predicted octanol–water partition coefficient (Wildman–Crippen LogP) is 4.72. The molecule has 0 amide bonds. The number of Topliss-reactive ketones (excluding diaryl/α,β-unsaturated/α-hetero) is 1. The molecule has 3 aromatic rings. The van der Waals surface area contributed by atoms with Gasteiger partial charge in [-0.3, -0.25) is 4.79 Å². The summed E-state index contributed by atoms with van der Waals surface area (Å²) in [7, 11) is 9.90. The molecule has 1 aliphatic carbocycles. The van der Waals surface area contributed by atoms with Crippen molar-refractivity contribution in [2.45, 2.75) is 19.3 Å². The number of rotatable bonds is 3. The lowest BCUT2D eigenvalue weighted by atomic mass is 9.89. The van der Waals surface area contributed by atoms with Gasteiger partial charge in [-0.1, -0.05) is 24.3 Å². The Kier molecular flexibility index (Phi) is 6.42. The average Bonchev–Trinajstić information content (AvgIpc) is 2.72. The molecule has 0 saturated carbocycles. The van der Waals surface area contributed by atoms with Gasteiger partial charge in [0.05, 0.1) is 7.11 Å². The number of nitrogens with zero attached hydrogens (tertiary/aromatic N) is 2. The maximum absolute atomic E-state index is 11.3. The quantitative estimate of drug-likeness (QED) is 0.648. The standard InChI is InChI=1S/C13H15NO.C12H15NO/c1-14(2)13-6-4-5-10-9-11(15-3)7-8-12(10)13;1-13(2)12-5-3-4-9-8-10(14)6-7-11(9)12/h4-9H,1-3H3;3-5H,6-8H2,1-2H3. The molecule has 1 aliphatic rings. The van der Waals surface area contributed by atoms with E-state index in [1.165, 1.54) is 33.3 Å². The molecule has 0 saturated heterocycles. The van der Waals surface area contributed by atoms with Gasteiger partial charge in [-0.05, 0) is 53.3 Å². The highest BCUT2D eigenvalue weighted by Gasteiger charge is 2.18. The van der Waals surface area contributed by atoms with Crippen LogP contribution in [0.1, 0.15) is 17.5 Å². The summed E-state index contributed by atoms with van der Waals surface area (Å²) in [6, 6.07) is 18.7. The molecule has 0 heterocycles. The fraction of sp³-hybridized carbons (Fsp3) is 0.320. The van der Waals surface area contributed by atoms with Gasteiger partial charge in [-0.2, -0.15) is 0 Å². The molecule has 4 nitrogen and oxygen atoms in total. The molecular weight excluding hydrogens is 360 g/mol. The number of anilines is 2. The molecule has 0 spiro atoms. The molecule has 0 atom stereocenters. The molecule has 0 aromatic heterocycles. The van der Waals surface area contributed by atoms with E-state index in [-0.39, 0.29) is 0 Å². The van der Waals surface area contributed by atoms with Crippen LogP contribution in [0.3, 0.4) is 0 Å². The molecule has 3 aromatic carbocycles. The van der Waals surface area contributed by atoms with Gasteiger partial charge in [0.2, 0.25) is 0 Å². The number of fused-ring (bicyclic) bond motifs is 2. The lowest BCUT2D eigenvalue weighted by molar-refractivity contribution is -0.118. The molecule has 0 unspecified atom stereocenters. The van der Waals surface area contributed by atoms with Crippen LogP contribution >= 0.6 is 0 Å². The van der Waals surface area contributed by atoms with E-state index in [2.05, 4.69) is 66.4 Å². The minimum atomic E-state index is 0.369. The summed E-state index contributed by atoms with van der Waals surface area (Å²) >= 11 is 0. The van der Waals surface area contributed by atoms with Crippen molar-refractivity contribution < 1.29 is 9.53 Å². The van der Waals surface area contributed by atoms with E-state index in [0.29, 0.717) is 18.6 Å². The van der Waals surface area contributed by atoms with Crippen molar-refractivity contribution in [2.24, 2.45) is 0 Å². The fourth-order valence-corrected chi connectivity index (χ4v) is 3.82. The molecule has 0 aliphatic heterocycles. The zero-order chi connectivity index (χ0) is 21.0. The first kappa shape index (κ1) is 20.7. The highest BCUT2D eigenvalue weighted by Crippen LogP contribution is 2.29. The zero-order valence-electron chi connectivity index (χ0n) is 18.0. The van der Waals surface area contributed by atoms with Gasteiger partial charge in [0, 0.05) is 57.8 Å². The summed E-state index contributed by atoms with van der Waals surface area (Å²) in [4.78, 5) is 15.5. The van der Waals surface area contributed by atoms with Gasteiger partial charge >= 0.3 is 0 Å². The number of hydrogen-bond acceptors (Lipinski definition) is 4. The molecule has 4 rings (SSSR count). The van der Waals surface area contributed by atoms with Crippen LogP contribution in [0, 0.1) is 0 Å². The van der Waals surface area contributed by atoms with Crippen LogP contribution < -0.4 is 14.5 Å². The third-order valence-electron chi connectivity index (χ3n) is 5.32. The Balaban J connectivity index is 0.000000166. The number of ether oxygens (including phenoxy) is 1. The van der Waals surface area contributed by atoms with E-state index in [1.807, 2.05) is 26.2 Å². The van der Waals surface area contributed by atoms with Gasteiger partial charge in [-0.25, -0.2) is 0 Å². The molecule has 0 radical (unpaired) electrons. The summed E-state index contributed by atoms with van der Waals surface area (Å²) in [6.07, 6.45) is 2.23. The van der Waals surface area contributed by atoms with Crippen molar-refractivity contribution in [1.82, 2.24) is 0 Å². The number of benzene rings is 3. The summed E-state index contributed by atoms with van der Waals surface area (Å²) in [6.45, 7) is 0. The Labute approximate surface area is 173 Å². The lowest BCUT2D eigenvalue weighted by Crippen LogP contribution is -2.18. The van der Waals surface area contributed by atoms with Crippen molar-refractivity contribution >= 4 is 27.9 Å².